The second-order valence-corrected chi connectivity index (χ2v) is 1.55. The molecule has 0 saturated carbocycles. The molecule has 0 amide bonds. The highest BCUT2D eigenvalue weighted by Gasteiger charge is 2.31. The Balaban J connectivity index is 2.66. The fourth-order valence-corrected chi connectivity index (χ4v) is 0.426. The van der Waals surface area contributed by atoms with Crippen LogP contribution in [0.25, 0.3) is 0 Å². The predicted molar refractivity (Wildman–Crippen MR) is 27.6 cm³/mol. The Kier molecular flexibility index (Phi) is 1.93. The summed E-state index contributed by atoms with van der Waals surface area (Å²) in [5.74, 6) is -0.587. The minimum atomic E-state index is -4.71. The van der Waals surface area contributed by atoms with Crippen LogP contribution in [-0.4, -0.2) is 16.6 Å². The summed E-state index contributed by atoms with van der Waals surface area (Å²) in [5, 5.41) is 6.09. The summed E-state index contributed by atoms with van der Waals surface area (Å²) in [4.78, 5) is 0. The van der Waals surface area contributed by atoms with Crippen LogP contribution in [0.15, 0.2) is 12.1 Å². The molecule has 6 heteroatoms. The molecule has 0 aliphatic carbocycles. The van der Waals surface area contributed by atoms with Crippen LogP contribution in [0.4, 0.5) is 13.2 Å². The molecule has 0 saturated heterocycles. The molecule has 0 fully saturated rings. The van der Waals surface area contributed by atoms with Gasteiger partial charge in [-0.25, -0.2) is 0 Å². The second-order valence-electron chi connectivity index (χ2n) is 1.55. The third-order valence-corrected chi connectivity index (χ3v) is 0.727. The molecule has 1 aromatic rings. The summed E-state index contributed by atoms with van der Waals surface area (Å²) in [6.07, 6.45) is -2.50. The van der Waals surface area contributed by atoms with Crippen LogP contribution in [0.2, 0.25) is 0 Å². The molecule has 0 atom stereocenters. The van der Waals surface area contributed by atoms with E-state index < -0.39 is 12.2 Å². The number of hydrogen-bond donors (Lipinski definition) is 0. The minimum Gasteiger partial charge on any atom is -0.386 e. The molecule has 0 spiro atoms. The Morgan fingerprint density at radius 2 is 2.18 bits per heavy atom. The zero-order valence-corrected chi connectivity index (χ0v) is 5.09. The highest BCUT2D eigenvalue weighted by molar-refractivity contribution is 5.04. The van der Waals surface area contributed by atoms with E-state index in [0.29, 0.717) is 0 Å². The van der Waals surface area contributed by atoms with Crippen molar-refractivity contribution in [2.75, 3.05) is 0 Å². The van der Waals surface area contributed by atoms with Gasteiger partial charge in [0.15, 0.2) is 0 Å². The summed E-state index contributed by atoms with van der Waals surface area (Å²) in [6, 6.07) is 2.19. The first-order chi connectivity index (χ1) is 5.08. The maximum atomic E-state index is 11.4. The van der Waals surface area contributed by atoms with Crippen molar-refractivity contribution in [1.29, 1.82) is 0 Å². The normalized spacial score (nSPS) is 11.2. The predicted octanol–water partition coefficient (Wildman–Crippen LogP) is 1.18. The maximum Gasteiger partial charge on any atom is 0.574 e. The lowest BCUT2D eigenvalue weighted by molar-refractivity contribution is -0.276. The SMILES string of the molecule is FC(F)(F)Oc1cc[c]nn1. The standard InChI is InChI=1S/C5H2F3N2O/c6-5(7,8)11-4-2-1-3-9-10-4/h1-2H. The molecule has 0 aromatic carbocycles. The van der Waals surface area contributed by atoms with E-state index in [-0.39, 0.29) is 0 Å². The molecule has 0 N–H and O–H groups in total. The van der Waals surface area contributed by atoms with E-state index in [4.69, 9.17) is 0 Å². The fraction of sp³-hybridized carbons (Fsp3) is 0.200. The minimum absolute atomic E-state index is 0.587. The molecule has 59 valence electrons. The van der Waals surface area contributed by atoms with Gasteiger partial charge in [-0.3, -0.25) is 0 Å². The Morgan fingerprint density at radius 1 is 1.45 bits per heavy atom. The number of ether oxygens (including phenoxy) is 1. The van der Waals surface area contributed by atoms with Gasteiger partial charge in [0.05, 0.1) is 0 Å². The van der Waals surface area contributed by atoms with Gasteiger partial charge in [0.1, 0.15) is 6.20 Å². The van der Waals surface area contributed by atoms with Gasteiger partial charge in [-0.15, -0.1) is 23.4 Å². The largest absolute Gasteiger partial charge is 0.574 e. The Bertz CT molecular complexity index is 223. The van der Waals surface area contributed by atoms with Gasteiger partial charge in [-0.1, -0.05) is 0 Å². The van der Waals surface area contributed by atoms with Crippen molar-refractivity contribution >= 4 is 0 Å². The Morgan fingerprint density at radius 3 is 2.64 bits per heavy atom. The molecule has 11 heavy (non-hydrogen) atoms. The lowest BCUT2D eigenvalue weighted by atomic mass is 10.6. The third-order valence-electron chi connectivity index (χ3n) is 0.727. The van der Waals surface area contributed by atoms with E-state index in [2.05, 4.69) is 21.1 Å². The number of hydrogen-bond acceptors (Lipinski definition) is 3. The maximum absolute atomic E-state index is 11.4. The molecule has 0 aliphatic rings. The number of nitrogens with zero attached hydrogens (tertiary/aromatic N) is 2. The molecule has 0 unspecified atom stereocenters. The Labute approximate surface area is 59.8 Å². The first-order valence-corrected chi connectivity index (χ1v) is 2.53. The zero-order chi connectivity index (χ0) is 8.32. The average Bonchev–Trinajstić information content (AvgIpc) is 1.85. The third kappa shape index (κ3) is 2.83. The van der Waals surface area contributed by atoms with Crippen molar-refractivity contribution in [3.8, 4) is 5.88 Å². The number of halogens is 3. The summed E-state index contributed by atoms with van der Waals surface area (Å²) < 4.78 is 37.7. The second kappa shape index (κ2) is 2.73. The molecule has 3 nitrogen and oxygen atoms in total. The van der Waals surface area contributed by atoms with Crippen molar-refractivity contribution in [2.45, 2.75) is 6.36 Å². The van der Waals surface area contributed by atoms with E-state index >= 15 is 0 Å². The molecule has 1 rings (SSSR count). The molecule has 1 heterocycles. The summed E-state index contributed by atoms with van der Waals surface area (Å²) >= 11 is 0. The average molecular weight is 163 g/mol. The van der Waals surface area contributed by atoms with Crippen LogP contribution in [0.1, 0.15) is 0 Å². The smallest absolute Gasteiger partial charge is 0.386 e. The van der Waals surface area contributed by atoms with Crippen molar-refractivity contribution in [3.05, 3.63) is 18.3 Å². The van der Waals surface area contributed by atoms with Gasteiger partial charge in [0.25, 0.3) is 0 Å². The van der Waals surface area contributed by atoms with Crippen LogP contribution in [0.5, 0.6) is 5.88 Å². The van der Waals surface area contributed by atoms with Crippen molar-refractivity contribution in [2.24, 2.45) is 0 Å². The zero-order valence-electron chi connectivity index (χ0n) is 5.09. The first-order valence-electron chi connectivity index (χ1n) is 2.53. The molecule has 1 aromatic heterocycles. The van der Waals surface area contributed by atoms with E-state index in [1.807, 2.05) is 0 Å². The molecular weight excluding hydrogens is 161 g/mol. The van der Waals surface area contributed by atoms with Crippen LogP contribution < -0.4 is 4.74 Å². The van der Waals surface area contributed by atoms with Gasteiger partial charge >= 0.3 is 6.36 Å². The van der Waals surface area contributed by atoms with E-state index in [1.54, 1.807) is 0 Å². The molecule has 0 aliphatic heterocycles. The highest BCUT2D eigenvalue weighted by Crippen LogP contribution is 2.18. The van der Waals surface area contributed by atoms with Gasteiger partial charge < -0.3 is 4.74 Å². The van der Waals surface area contributed by atoms with Crippen LogP contribution in [0, 0.1) is 6.20 Å². The van der Waals surface area contributed by atoms with Gasteiger partial charge in [-0.2, -0.15) is 0 Å². The van der Waals surface area contributed by atoms with Gasteiger partial charge in [-0.05, 0) is 6.07 Å². The van der Waals surface area contributed by atoms with E-state index in [1.165, 1.54) is 6.07 Å². The lowest BCUT2D eigenvalue weighted by Gasteiger charge is -2.05. The number of rotatable bonds is 1. The topological polar surface area (TPSA) is 35.0 Å². The number of aromatic nitrogens is 2. The molecular formula is C5H2F3N2O. The summed E-state index contributed by atoms with van der Waals surface area (Å²) in [5.41, 5.74) is 0. The monoisotopic (exact) mass is 163 g/mol. The summed E-state index contributed by atoms with van der Waals surface area (Å²) in [6.45, 7) is 0. The Hall–Kier alpha value is -1.33. The first kappa shape index (κ1) is 7.77. The van der Waals surface area contributed by atoms with Crippen LogP contribution >= 0.6 is 0 Å². The van der Waals surface area contributed by atoms with Crippen molar-refractivity contribution in [1.82, 2.24) is 10.2 Å². The molecule has 0 bridgehead atoms. The quantitative estimate of drug-likeness (QED) is 0.623. The van der Waals surface area contributed by atoms with Crippen molar-refractivity contribution < 1.29 is 17.9 Å². The van der Waals surface area contributed by atoms with E-state index in [9.17, 15) is 13.2 Å². The van der Waals surface area contributed by atoms with Gasteiger partial charge in [0, 0.05) is 6.07 Å². The van der Waals surface area contributed by atoms with Crippen LogP contribution in [-0.2, 0) is 0 Å². The van der Waals surface area contributed by atoms with E-state index in [0.717, 1.165) is 6.07 Å². The fourth-order valence-electron chi connectivity index (χ4n) is 0.426. The molecule has 1 radical (unpaired) electrons. The number of alkyl halides is 3. The lowest BCUT2D eigenvalue weighted by Crippen LogP contribution is -2.17. The van der Waals surface area contributed by atoms with Crippen molar-refractivity contribution in [3.63, 3.8) is 0 Å². The van der Waals surface area contributed by atoms with Crippen LogP contribution in [0.3, 0.4) is 0 Å². The highest BCUT2D eigenvalue weighted by atomic mass is 19.4. The van der Waals surface area contributed by atoms with Gasteiger partial charge in [0.2, 0.25) is 5.88 Å². The summed E-state index contributed by atoms with van der Waals surface area (Å²) in [7, 11) is 0.